The van der Waals surface area contributed by atoms with Crippen molar-refractivity contribution in [2.24, 2.45) is 10.8 Å². The SMILES string of the molecule is COC(=O)N[C@H](C(=O)N[C@@H](Cc1ccc(-c2ccccn2)cc1)C[C@@H](OCSC)[C@H](Cc1ccccc1)NC(=O)[C@@H](NC(=O)O)C(C)(C)C)C(C)(C)C. The van der Waals surface area contributed by atoms with E-state index in [2.05, 4.69) is 26.3 Å². The number of ether oxygens (including phenoxy) is 2. The van der Waals surface area contributed by atoms with Crippen LogP contribution in [0.3, 0.4) is 0 Å². The Labute approximate surface area is 317 Å². The van der Waals surface area contributed by atoms with Gasteiger partial charge in [-0.3, -0.25) is 14.6 Å². The topological polar surface area (TPSA) is 168 Å². The van der Waals surface area contributed by atoms with E-state index in [0.717, 1.165) is 22.4 Å². The van der Waals surface area contributed by atoms with Gasteiger partial charge in [-0.05, 0) is 59.6 Å². The van der Waals surface area contributed by atoms with Crippen molar-refractivity contribution in [1.82, 2.24) is 26.3 Å². The van der Waals surface area contributed by atoms with Gasteiger partial charge in [0.1, 0.15) is 12.1 Å². The van der Waals surface area contributed by atoms with Crippen molar-refractivity contribution in [2.45, 2.75) is 91.1 Å². The van der Waals surface area contributed by atoms with Gasteiger partial charge in [-0.25, -0.2) is 9.59 Å². The second kappa shape index (κ2) is 20.0. The monoisotopic (exact) mass is 749 g/mol. The molecule has 13 heteroatoms. The first-order chi connectivity index (χ1) is 25.0. The third-order valence-electron chi connectivity index (χ3n) is 8.71. The number of hydrogen-bond donors (Lipinski definition) is 5. The Morgan fingerprint density at radius 2 is 1.34 bits per heavy atom. The van der Waals surface area contributed by atoms with Gasteiger partial charge in [0.05, 0.1) is 30.9 Å². The second-order valence-corrected chi connectivity index (χ2v) is 16.0. The van der Waals surface area contributed by atoms with E-state index in [1.165, 1.54) is 18.9 Å². The third kappa shape index (κ3) is 14.0. The van der Waals surface area contributed by atoms with Gasteiger partial charge in [0.15, 0.2) is 0 Å². The molecule has 0 bridgehead atoms. The number of hydrogen-bond acceptors (Lipinski definition) is 8. The van der Waals surface area contributed by atoms with Crippen LogP contribution in [0.5, 0.6) is 0 Å². The third-order valence-corrected chi connectivity index (χ3v) is 9.08. The van der Waals surface area contributed by atoms with Crippen LogP contribution in [-0.4, -0.2) is 83.7 Å². The zero-order valence-electron chi connectivity index (χ0n) is 32.0. The summed E-state index contributed by atoms with van der Waals surface area (Å²) in [5, 5.41) is 21.0. The lowest BCUT2D eigenvalue weighted by molar-refractivity contribution is -0.128. The summed E-state index contributed by atoms with van der Waals surface area (Å²) in [5.41, 5.74) is 2.26. The number of carbonyl (C=O) groups is 4. The molecule has 0 fully saturated rings. The van der Waals surface area contributed by atoms with Crippen LogP contribution in [0.1, 0.15) is 59.1 Å². The Balaban J connectivity index is 2.05. The first-order valence-electron chi connectivity index (χ1n) is 17.6. The number of carbonyl (C=O) groups excluding carboxylic acids is 3. The Morgan fingerprint density at radius 3 is 1.89 bits per heavy atom. The molecule has 3 aromatic rings. The summed E-state index contributed by atoms with van der Waals surface area (Å²) in [6.45, 7) is 10.9. The fourth-order valence-electron chi connectivity index (χ4n) is 5.95. The average molecular weight is 750 g/mol. The molecule has 1 aromatic heterocycles. The molecule has 5 atom stereocenters. The molecule has 288 valence electrons. The number of methoxy groups -OCH3 is 1. The van der Waals surface area contributed by atoms with Crippen LogP contribution in [0.2, 0.25) is 0 Å². The minimum absolute atomic E-state index is 0.272. The summed E-state index contributed by atoms with van der Waals surface area (Å²) in [5.74, 6) is -0.585. The predicted octanol–water partition coefficient (Wildman–Crippen LogP) is 6.05. The smallest absolute Gasteiger partial charge is 0.407 e. The molecule has 2 aromatic carbocycles. The molecule has 12 nitrogen and oxygen atoms in total. The lowest BCUT2D eigenvalue weighted by Gasteiger charge is -2.36. The number of nitrogens with zero attached hydrogens (tertiary/aromatic N) is 1. The molecule has 0 aliphatic heterocycles. The largest absolute Gasteiger partial charge is 0.465 e. The van der Waals surface area contributed by atoms with Gasteiger partial charge < -0.3 is 35.8 Å². The van der Waals surface area contributed by atoms with E-state index in [4.69, 9.17) is 9.47 Å². The Bertz CT molecular complexity index is 1610. The van der Waals surface area contributed by atoms with Crippen molar-refractivity contribution in [3.63, 3.8) is 0 Å². The van der Waals surface area contributed by atoms with Crippen molar-refractivity contribution in [3.8, 4) is 11.3 Å². The van der Waals surface area contributed by atoms with Crippen LogP contribution in [0, 0.1) is 10.8 Å². The summed E-state index contributed by atoms with van der Waals surface area (Å²) in [4.78, 5) is 56.5. The molecular weight excluding hydrogens is 695 g/mol. The van der Waals surface area contributed by atoms with Gasteiger partial charge in [-0.2, -0.15) is 0 Å². The van der Waals surface area contributed by atoms with Gasteiger partial charge in [-0.15, -0.1) is 11.8 Å². The molecule has 0 aliphatic carbocycles. The molecule has 0 unspecified atom stereocenters. The maximum atomic E-state index is 14.0. The quantitative estimate of drug-likeness (QED) is 0.103. The maximum absolute atomic E-state index is 14.0. The predicted molar refractivity (Wildman–Crippen MR) is 208 cm³/mol. The highest BCUT2D eigenvalue weighted by Gasteiger charge is 2.38. The van der Waals surface area contributed by atoms with Crippen LogP contribution < -0.4 is 21.3 Å². The van der Waals surface area contributed by atoms with Crippen molar-refractivity contribution in [3.05, 3.63) is 90.1 Å². The number of alkyl carbamates (subject to hydrolysis) is 1. The summed E-state index contributed by atoms with van der Waals surface area (Å²) >= 11 is 1.47. The maximum Gasteiger partial charge on any atom is 0.407 e. The van der Waals surface area contributed by atoms with E-state index in [9.17, 15) is 24.3 Å². The lowest BCUT2D eigenvalue weighted by Crippen LogP contribution is -2.59. The molecule has 1 heterocycles. The van der Waals surface area contributed by atoms with E-state index in [1.54, 1.807) is 27.0 Å². The second-order valence-electron chi connectivity index (χ2n) is 15.2. The minimum atomic E-state index is -1.30. The van der Waals surface area contributed by atoms with Crippen molar-refractivity contribution in [1.29, 1.82) is 0 Å². The van der Waals surface area contributed by atoms with Gasteiger partial charge in [0.25, 0.3) is 0 Å². The Hall–Kier alpha value is -4.62. The number of benzene rings is 2. The van der Waals surface area contributed by atoms with E-state index in [1.807, 2.05) is 99.8 Å². The van der Waals surface area contributed by atoms with Gasteiger partial charge in [-0.1, -0.05) is 102 Å². The molecule has 0 aliphatic rings. The Kier molecular flexibility index (Phi) is 16.1. The number of pyridine rings is 1. The zero-order chi connectivity index (χ0) is 39.2. The van der Waals surface area contributed by atoms with Crippen LogP contribution in [0.4, 0.5) is 9.59 Å². The fourth-order valence-corrected chi connectivity index (χ4v) is 6.26. The number of carboxylic acid groups (broad SMARTS) is 1. The summed E-state index contributed by atoms with van der Waals surface area (Å²) in [6, 6.07) is 20.2. The van der Waals surface area contributed by atoms with Crippen LogP contribution in [0.25, 0.3) is 11.3 Å². The normalized spacial score (nSPS) is 14.5. The molecule has 3 rings (SSSR count). The summed E-state index contributed by atoms with van der Waals surface area (Å²) in [7, 11) is 1.25. The molecule has 0 saturated carbocycles. The molecule has 0 saturated heterocycles. The molecule has 4 amide bonds. The summed E-state index contributed by atoms with van der Waals surface area (Å²) < 4.78 is 11.3. The van der Waals surface area contributed by atoms with E-state index in [0.29, 0.717) is 18.8 Å². The van der Waals surface area contributed by atoms with Crippen molar-refractivity contribution < 1.29 is 33.8 Å². The highest BCUT2D eigenvalue weighted by molar-refractivity contribution is 7.98. The molecular formula is C40H55N5O7S. The van der Waals surface area contributed by atoms with Crippen LogP contribution in [-0.2, 0) is 31.9 Å². The number of nitrogens with one attached hydrogen (secondary N) is 4. The van der Waals surface area contributed by atoms with Crippen molar-refractivity contribution >= 4 is 35.8 Å². The number of thioether (sulfide) groups is 1. The van der Waals surface area contributed by atoms with Crippen molar-refractivity contribution in [2.75, 3.05) is 19.3 Å². The Morgan fingerprint density at radius 1 is 0.755 bits per heavy atom. The van der Waals surface area contributed by atoms with Gasteiger partial charge in [0.2, 0.25) is 11.8 Å². The molecule has 0 radical (unpaired) electrons. The zero-order valence-corrected chi connectivity index (χ0v) is 32.8. The van der Waals surface area contributed by atoms with E-state index < -0.39 is 65.1 Å². The standard InChI is InChI=1S/C40H55N5O7S/c1-39(2,3)33(44-37(48)49)36(47)43-31(23-26-14-10-9-11-15-26)32(52-25-53-8)24-29(42-35(46)34(40(4,5)6)45-38(50)51-7)22-27-17-19-28(20-18-27)30-16-12-13-21-41-30/h9-21,29,31-34,44H,22-25H2,1-8H3,(H,42,46)(H,43,47)(H,45,50)(H,48,49)/t29-,31-,32+,33+,34+/m0/s1. The van der Waals surface area contributed by atoms with Crippen LogP contribution in [0.15, 0.2) is 79.0 Å². The molecule has 53 heavy (non-hydrogen) atoms. The fraction of sp³-hybridized carbons (Fsp3) is 0.475. The van der Waals surface area contributed by atoms with Gasteiger partial charge in [0, 0.05) is 17.8 Å². The highest BCUT2D eigenvalue weighted by atomic mass is 32.2. The summed E-state index contributed by atoms with van der Waals surface area (Å²) in [6.07, 6.45) is 2.04. The first-order valence-corrected chi connectivity index (χ1v) is 19.0. The number of amides is 4. The number of rotatable bonds is 17. The van der Waals surface area contributed by atoms with E-state index >= 15 is 0 Å². The lowest BCUT2D eigenvalue weighted by atomic mass is 9.85. The number of aromatic nitrogens is 1. The minimum Gasteiger partial charge on any atom is -0.465 e. The molecule has 0 spiro atoms. The van der Waals surface area contributed by atoms with Crippen LogP contribution >= 0.6 is 11.8 Å². The first kappa shape index (κ1) is 42.8. The molecule has 5 N–H and O–H groups in total. The van der Waals surface area contributed by atoms with Gasteiger partial charge >= 0.3 is 12.2 Å². The average Bonchev–Trinajstić information content (AvgIpc) is 3.10. The van der Waals surface area contributed by atoms with E-state index in [-0.39, 0.29) is 6.42 Å². The highest BCUT2D eigenvalue weighted by Crippen LogP contribution is 2.25.